The molecular formula is C44H27N3S. The van der Waals surface area contributed by atoms with E-state index in [-0.39, 0.29) is 0 Å². The average Bonchev–Trinajstić information content (AvgIpc) is 3.70. The molecule has 3 aromatic heterocycles. The molecular weight excluding hydrogens is 603 g/mol. The van der Waals surface area contributed by atoms with Gasteiger partial charge in [0.2, 0.25) is 0 Å². The largest absolute Gasteiger partial charge is 0.309 e. The van der Waals surface area contributed by atoms with Crippen LogP contribution in [0.2, 0.25) is 0 Å². The molecule has 0 bridgehead atoms. The Kier molecular flexibility index (Phi) is 6.05. The molecule has 0 N–H and O–H groups in total. The molecule has 0 saturated carbocycles. The molecule has 0 fully saturated rings. The Hall–Kier alpha value is -6.10. The van der Waals surface area contributed by atoms with E-state index in [1.165, 1.54) is 69.5 Å². The molecule has 10 rings (SSSR count). The summed E-state index contributed by atoms with van der Waals surface area (Å²) in [6.45, 7) is 0. The second-order valence-electron chi connectivity index (χ2n) is 12.2. The van der Waals surface area contributed by atoms with Gasteiger partial charge in [-0.05, 0) is 70.1 Å². The molecule has 10 aromatic rings. The fourth-order valence-electron chi connectivity index (χ4n) is 7.34. The van der Waals surface area contributed by atoms with Crippen LogP contribution < -0.4 is 0 Å². The summed E-state index contributed by atoms with van der Waals surface area (Å²) in [5.74, 6) is 0.735. The number of hydrogen-bond acceptors (Lipinski definition) is 3. The van der Waals surface area contributed by atoms with Crippen molar-refractivity contribution in [2.24, 2.45) is 0 Å². The van der Waals surface area contributed by atoms with Crippen LogP contribution in [0.25, 0.3) is 92.1 Å². The van der Waals surface area contributed by atoms with Gasteiger partial charge in [-0.15, -0.1) is 11.3 Å². The number of benzene rings is 7. The Bertz CT molecular complexity index is 2810. The molecule has 0 saturated heterocycles. The summed E-state index contributed by atoms with van der Waals surface area (Å²) in [6.07, 6.45) is 3.68. The zero-order valence-electron chi connectivity index (χ0n) is 25.8. The van der Waals surface area contributed by atoms with Crippen LogP contribution >= 0.6 is 11.3 Å². The van der Waals surface area contributed by atoms with E-state index in [2.05, 4.69) is 150 Å². The third kappa shape index (κ3) is 4.13. The van der Waals surface area contributed by atoms with E-state index in [1.54, 1.807) is 0 Å². The number of nitrogens with zero attached hydrogens (tertiary/aromatic N) is 3. The predicted octanol–water partition coefficient (Wildman–Crippen LogP) is 12.1. The van der Waals surface area contributed by atoms with Gasteiger partial charge in [-0.2, -0.15) is 0 Å². The molecule has 0 aliphatic heterocycles. The highest BCUT2D eigenvalue weighted by molar-refractivity contribution is 7.26. The minimum atomic E-state index is 0.735. The van der Waals surface area contributed by atoms with Gasteiger partial charge in [0.05, 0.1) is 16.7 Å². The van der Waals surface area contributed by atoms with Gasteiger partial charge in [-0.3, -0.25) is 0 Å². The third-order valence-electron chi connectivity index (χ3n) is 9.50. The first-order chi connectivity index (χ1) is 23.8. The van der Waals surface area contributed by atoms with Gasteiger partial charge in [0.25, 0.3) is 0 Å². The lowest BCUT2D eigenvalue weighted by molar-refractivity contribution is 1.17. The fraction of sp³-hybridized carbons (Fsp3) is 0. The molecule has 224 valence electrons. The first kappa shape index (κ1) is 27.1. The predicted molar refractivity (Wildman–Crippen MR) is 203 cm³/mol. The van der Waals surface area contributed by atoms with E-state index in [0.29, 0.717) is 0 Å². The van der Waals surface area contributed by atoms with Crippen LogP contribution in [0.15, 0.2) is 164 Å². The minimum Gasteiger partial charge on any atom is -0.309 e. The molecule has 0 radical (unpaired) electrons. The molecule has 0 aliphatic carbocycles. The highest BCUT2D eigenvalue weighted by atomic mass is 32.1. The van der Waals surface area contributed by atoms with Crippen molar-refractivity contribution in [3.05, 3.63) is 164 Å². The third-order valence-corrected chi connectivity index (χ3v) is 10.7. The molecule has 0 aliphatic rings. The van der Waals surface area contributed by atoms with Crippen LogP contribution in [-0.4, -0.2) is 14.5 Å². The lowest BCUT2D eigenvalue weighted by Gasteiger charge is -2.13. The molecule has 0 amide bonds. The van der Waals surface area contributed by atoms with E-state index < -0.39 is 0 Å². The first-order valence-corrected chi connectivity index (χ1v) is 17.0. The lowest BCUT2D eigenvalue weighted by Crippen LogP contribution is -1.96. The van der Waals surface area contributed by atoms with E-state index in [9.17, 15) is 0 Å². The standard InChI is InChI=1S/C44H27N3S/c1-3-11-28(12-4-1)31-19-21-38-34(25-31)41-39(47(38)37-18-9-16-30-15-7-8-17-33(30)37)27-36(44-45-23-10-24-46-44)43-42(41)35-26-32(20-22-40(35)48-43)29-13-5-2-6-14-29/h1-27H. The van der Waals surface area contributed by atoms with E-state index in [4.69, 9.17) is 9.97 Å². The quantitative estimate of drug-likeness (QED) is 0.194. The van der Waals surface area contributed by atoms with Crippen molar-refractivity contribution in [1.29, 1.82) is 0 Å². The average molecular weight is 630 g/mol. The Morgan fingerprint density at radius 1 is 0.458 bits per heavy atom. The lowest BCUT2D eigenvalue weighted by atomic mass is 9.97. The zero-order chi connectivity index (χ0) is 31.6. The van der Waals surface area contributed by atoms with Crippen LogP contribution in [0, 0.1) is 0 Å². The number of rotatable bonds is 4. The summed E-state index contributed by atoms with van der Waals surface area (Å²) in [4.78, 5) is 9.58. The van der Waals surface area contributed by atoms with Gasteiger partial charge in [0, 0.05) is 54.3 Å². The van der Waals surface area contributed by atoms with E-state index >= 15 is 0 Å². The summed E-state index contributed by atoms with van der Waals surface area (Å²) >= 11 is 1.83. The van der Waals surface area contributed by atoms with Crippen molar-refractivity contribution >= 4 is 64.1 Å². The van der Waals surface area contributed by atoms with Gasteiger partial charge in [0.15, 0.2) is 5.82 Å². The SMILES string of the molecule is c1ccc(-c2ccc3sc4c(-c5ncccn5)cc5c(c6cc(-c7ccccc7)ccc6n5-c5cccc6ccccc56)c4c3c2)cc1. The van der Waals surface area contributed by atoms with Gasteiger partial charge in [-0.1, -0.05) is 109 Å². The Labute approximate surface area is 281 Å². The van der Waals surface area contributed by atoms with Crippen molar-refractivity contribution in [3.63, 3.8) is 0 Å². The molecule has 4 heteroatoms. The van der Waals surface area contributed by atoms with Crippen LogP contribution in [0.3, 0.4) is 0 Å². The van der Waals surface area contributed by atoms with Crippen LogP contribution in [-0.2, 0) is 0 Å². The maximum Gasteiger partial charge on any atom is 0.160 e. The van der Waals surface area contributed by atoms with Crippen molar-refractivity contribution in [3.8, 4) is 39.3 Å². The van der Waals surface area contributed by atoms with Crippen molar-refractivity contribution in [2.75, 3.05) is 0 Å². The van der Waals surface area contributed by atoms with Crippen molar-refractivity contribution in [1.82, 2.24) is 14.5 Å². The molecule has 0 unspecified atom stereocenters. The molecule has 3 heterocycles. The molecule has 0 atom stereocenters. The molecule has 3 nitrogen and oxygen atoms in total. The maximum atomic E-state index is 4.79. The van der Waals surface area contributed by atoms with Gasteiger partial charge < -0.3 is 4.57 Å². The fourth-order valence-corrected chi connectivity index (χ4v) is 8.54. The summed E-state index contributed by atoms with van der Waals surface area (Å²) in [7, 11) is 0. The molecule has 48 heavy (non-hydrogen) atoms. The van der Waals surface area contributed by atoms with Gasteiger partial charge in [-0.25, -0.2) is 9.97 Å². The van der Waals surface area contributed by atoms with Crippen molar-refractivity contribution in [2.45, 2.75) is 0 Å². The monoisotopic (exact) mass is 629 g/mol. The smallest absolute Gasteiger partial charge is 0.160 e. The molecule has 0 spiro atoms. The first-order valence-electron chi connectivity index (χ1n) is 16.2. The number of hydrogen-bond donors (Lipinski definition) is 0. The van der Waals surface area contributed by atoms with E-state index in [1.807, 2.05) is 29.8 Å². The number of fused-ring (bicyclic) bond motifs is 8. The molecule has 7 aromatic carbocycles. The number of thiophene rings is 1. The Morgan fingerprint density at radius 3 is 1.90 bits per heavy atom. The van der Waals surface area contributed by atoms with Crippen LogP contribution in [0.4, 0.5) is 0 Å². The van der Waals surface area contributed by atoms with Crippen molar-refractivity contribution < 1.29 is 0 Å². The summed E-state index contributed by atoms with van der Waals surface area (Å²) < 4.78 is 4.91. The van der Waals surface area contributed by atoms with Crippen LogP contribution in [0.1, 0.15) is 0 Å². The normalized spacial score (nSPS) is 11.8. The summed E-state index contributed by atoms with van der Waals surface area (Å²) in [6, 6.07) is 54.7. The zero-order valence-corrected chi connectivity index (χ0v) is 26.7. The second kappa shape index (κ2) is 10.7. The highest BCUT2D eigenvalue weighted by Gasteiger charge is 2.23. The van der Waals surface area contributed by atoms with Gasteiger partial charge >= 0.3 is 0 Å². The summed E-state index contributed by atoms with van der Waals surface area (Å²) in [5.41, 5.74) is 9.35. The number of aromatic nitrogens is 3. The topological polar surface area (TPSA) is 30.7 Å². The van der Waals surface area contributed by atoms with Gasteiger partial charge in [0.1, 0.15) is 0 Å². The summed E-state index contributed by atoms with van der Waals surface area (Å²) in [5, 5.41) is 7.41. The Balaban J connectivity index is 1.43. The second-order valence-corrected chi connectivity index (χ2v) is 13.3. The Morgan fingerprint density at radius 2 is 1.12 bits per heavy atom. The maximum absolute atomic E-state index is 4.79. The minimum absolute atomic E-state index is 0.735. The van der Waals surface area contributed by atoms with Crippen LogP contribution in [0.5, 0.6) is 0 Å². The van der Waals surface area contributed by atoms with E-state index in [0.717, 1.165) is 22.6 Å². The highest BCUT2D eigenvalue weighted by Crippen LogP contribution is 2.48.